The molecule has 4 heterocycles. The summed E-state index contributed by atoms with van der Waals surface area (Å²) in [6.07, 6.45) is 4.40. The average Bonchev–Trinajstić information content (AvgIpc) is 4.00. The summed E-state index contributed by atoms with van der Waals surface area (Å²) in [6, 6.07) is 20.7. The number of nitrogens with zero attached hydrogens (tertiary/aromatic N) is 5. The Morgan fingerprint density at radius 3 is 2.17 bits per heavy atom. The fourth-order valence-corrected chi connectivity index (χ4v) is 11.5. The molecule has 0 aromatic heterocycles. The highest BCUT2D eigenvalue weighted by molar-refractivity contribution is 6.31. The van der Waals surface area contributed by atoms with Crippen molar-refractivity contribution in [3.05, 3.63) is 87.9 Å². The highest BCUT2D eigenvalue weighted by atomic mass is 35.5. The van der Waals surface area contributed by atoms with Crippen LogP contribution in [0.1, 0.15) is 98.1 Å². The van der Waals surface area contributed by atoms with Gasteiger partial charge < -0.3 is 24.8 Å². The number of amides is 4. The number of nitrogens with one attached hydrogen (secondary N) is 2. The van der Waals surface area contributed by atoms with Gasteiger partial charge in [-0.25, -0.2) is 0 Å². The van der Waals surface area contributed by atoms with Gasteiger partial charge in [-0.2, -0.15) is 5.26 Å². The van der Waals surface area contributed by atoms with Gasteiger partial charge in [0.05, 0.1) is 16.1 Å². The molecule has 60 heavy (non-hydrogen) atoms. The molecule has 9 rings (SSSR count). The second-order valence-corrected chi connectivity index (χ2v) is 19.4. The smallest absolute Gasteiger partial charge is 0.255 e. The summed E-state index contributed by atoms with van der Waals surface area (Å²) in [5.41, 5.74) is 3.95. The van der Waals surface area contributed by atoms with Crippen LogP contribution in [0.15, 0.2) is 60.7 Å². The number of ether oxygens (including phenoxy) is 1. The van der Waals surface area contributed by atoms with Crippen molar-refractivity contribution in [2.45, 2.75) is 89.9 Å². The van der Waals surface area contributed by atoms with Gasteiger partial charge in [-0.1, -0.05) is 39.3 Å². The van der Waals surface area contributed by atoms with E-state index in [0.29, 0.717) is 39.8 Å². The number of piperidine rings is 2. The Bertz CT molecular complexity index is 2250. The van der Waals surface area contributed by atoms with Gasteiger partial charge in [-0.05, 0) is 98.2 Å². The predicted molar refractivity (Wildman–Crippen MR) is 229 cm³/mol. The van der Waals surface area contributed by atoms with Crippen LogP contribution >= 0.6 is 11.6 Å². The summed E-state index contributed by atoms with van der Waals surface area (Å²) < 4.78 is 6.40. The Balaban J connectivity index is 0.737. The van der Waals surface area contributed by atoms with E-state index in [4.69, 9.17) is 16.3 Å². The number of fused-ring (bicyclic) bond motifs is 2. The third-order valence-corrected chi connectivity index (χ3v) is 14.8. The van der Waals surface area contributed by atoms with Gasteiger partial charge in [0.15, 0.2) is 0 Å². The molecule has 3 saturated heterocycles. The van der Waals surface area contributed by atoms with Crippen molar-refractivity contribution in [3.8, 4) is 11.8 Å². The zero-order valence-corrected chi connectivity index (χ0v) is 35.7. The van der Waals surface area contributed by atoms with E-state index in [2.05, 4.69) is 83.4 Å². The van der Waals surface area contributed by atoms with E-state index >= 15 is 0 Å². The van der Waals surface area contributed by atoms with Crippen LogP contribution in [0.25, 0.3) is 0 Å². The molecule has 2 aliphatic carbocycles. The van der Waals surface area contributed by atoms with Crippen molar-refractivity contribution < 1.29 is 23.9 Å². The summed E-state index contributed by atoms with van der Waals surface area (Å²) in [5, 5.41) is 15.3. The van der Waals surface area contributed by atoms with E-state index in [-0.39, 0.29) is 53.0 Å². The third-order valence-electron chi connectivity index (χ3n) is 14.5. The predicted octanol–water partition coefficient (Wildman–Crippen LogP) is 6.11. The molecule has 2 N–H and O–H groups in total. The lowest BCUT2D eigenvalue weighted by molar-refractivity contribution is -0.164. The van der Waals surface area contributed by atoms with Crippen LogP contribution in [0.5, 0.6) is 5.75 Å². The molecule has 5 fully saturated rings. The van der Waals surface area contributed by atoms with Crippen molar-refractivity contribution in [3.63, 3.8) is 0 Å². The van der Waals surface area contributed by atoms with Crippen molar-refractivity contribution >= 4 is 46.6 Å². The molecule has 1 atom stereocenters. The fourth-order valence-electron chi connectivity index (χ4n) is 11.3. The minimum absolute atomic E-state index is 0.0906. The highest BCUT2D eigenvalue weighted by Gasteiger charge is 2.64. The summed E-state index contributed by atoms with van der Waals surface area (Å²) in [5.74, 6) is 0.431. The Morgan fingerprint density at radius 1 is 0.867 bits per heavy atom. The SMILES string of the molecule is CC1(C)C(NC(=O)c2ccc(N3CCC(CN4CCN(c5ccc6c(c5)C5(CC5)N(C5CCC(=O)NC5=O)C6=O)CC4)CC3)cc2)C(C)(C)C1Oc1ccc(C#N)c(Cl)c1. The maximum atomic E-state index is 13.6. The van der Waals surface area contributed by atoms with E-state index in [9.17, 15) is 24.4 Å². The summed E-state index contributed by atoms with van der Waals surface area (Å²) in [7, 11) is 0. The molecule has 1 spiro atoms. The Hall–Kier alpha value is -5.12. The molecule has 12 nitrogen and oxygen atoms in total. The second-order valence-electron chi connectivity index (χ2n) is 19.0. The quantitative estimate of drug-likeness (QED) is 0.245. The molecule has 314 valence electrons. The normalized spacial score (nSPS) is 25.6. The number of benzene rings is 3. The van der Waals surface area contributed by atoms with Gasteiger partial charge >= 0.3 is 0 Å². The number of halogens is 1. The second kappa shape index (κ2) is 15.1. The summed E-state index contributed by atoms with van der Waals surface area (Å²) in [6.45, 7) is 15.3. The zero-order valence-electron chi connectivity index (χ0n) is 34.9. The fraction of sp³-hybridized carbons (Fsp3) is 0.511. The first-order chi connectivity index (χ1) is 28.7. The number of rotatable bonds is 9. The van der Waals surface area contributed by atoms with Gasteiger partial charge in [0, 0.05) is 97.7 Å². The van der Waals surface area contributed by atoms with Crippen LogP contribution < -0.4 is 25.2 Å². The first-order valence-electron chi connectivity index (χ1n) is 21.5. The Labute approximate surface area is 357 Å². The van der Waals surface area contributed by atoms with Crippen LogP contribution in [0.4, 0.5) is 11.4 Å². The van der Waals surface area contributed by atoms with E-state index < -0.39 is 11.6 Å². The molecule has 0 bridgehead atoms. The van der Waals surface area contributed by atoms with Gasteiger partial charge in [0.25, 0.3) is 11.8 Å². The van der Waals surface area contributed by atoms with E-state index in [1.54, 1.807) is 23.1 Å². The monoisotopic (exact) mass is 831 g/mol. The molecule has 6 aliphatic rings. The summed E-state index contributed by atoms with van der Waals surface area (Å²) in [4.78, 5) is 60.9. The molecule has 0 radical (unpaired) electrons. The minimum atomic E-state index is -0.595. The van der Waals surface area contributed by atoms with Crippen LogP contribution in [0.2, 0.25) is 5.02 Å². The van der Waals surface area contributed by atoms with Gasteiger partial charge in [-0.15, -0.1) is 0 Å². The first kappa shape index (κ1) is 40.3. The molecule has 13 heteroatoms. The lowest BCUT2D eigenvalue weighted by Crippen LogP contribution is -2.74. The Morgan fingerprint density at radius 2 is 1.53 bits per heavy atom. The molecule has 4 aliphatic heterocycles. The maximum absolute atomic E-state index is 13.6. The topological polar surface area (TPSA) is 138 Å². The number of piperazine rings is 1. The van der Waals surface area contributed by atoms with Crippen molar-refractivity contribution in [2.75, 3.05) is 55.6 Å². The number of hydrogen-bond donors (Lipinski definition) is 2. The number of imide groups is 1. The van der Waals surface area contributed by atoms with E-state index in [0.717, 1.165) is 88.4 Å². The van der Waals surface area contributed by atoms with Gasteiger partial charge in [-0.3, -0.25) is 29.4 Å². The van der Waals surface area contributed by atoms with Crippen molar-refractivity contribution in [2.24, 2.45) is 16.7 Å². The largest absolute Gasteiger partial charge is 0.489 e. The third kappa shape index (κ3) is 6.97. The molecular formula is C47H54ClN7O5. The first-order valence-corrected chi connectivity index (χ1v) is 21.9. The van der Waals surface area contributed by atoms with E-state index in [1.165, 1.54) is 0 Å². The van der Waals surface area contributed by atoms with E-state index in [1.807, 2.05) is 18.2 Å². The lowest BCUT2D eigenvalue weighted by atomic mass is 9.49. The average molecular weight is 832 g/mol. The molecule has 3 aromatic rings. The molecule has 3 aromatic carbocycles. The van der Waals surface area contributed by atoms with Crippen molar-refractivity contribution in [1.82, 2.24) is 20.4 Å². The molecule has 1 unspecified atom stereocenters. The summed E-state index contributed by atoms with van der Waals surface area (Å²) >= 11 is 6.26. The number of carbonyl (C=O) groups excluding carboxylic acids is 4. The number of hydrogen-bond acceptors (Lipinski definition) is 9. The maximum Gasteiger partial charge on any atom is 0.255 e. The van der Waals surface area contributed by atoms with Crippen LogP contribution in [0, 0.1) is 28.1 Å². The lowest BCUT2D eigenvalue weighted by Gasteiger charge is -2.63. The standard InChI is InChI=1S/C47H54ClN7O5/c1-45(2)43(46(3,4)44(45)60-34-11-7-31(27-49)37(48)26-34)51-40(57)30-5-8-32(9-6-30)53-19-15-29(16-20-53)28-52-21-23-54(24-22-52)33-10-12-35-36(25-33)47(17-18-47)55(42(35)59)38-13-14-39(56)50-41(38)58/h5-12,25-26,29,38,43-44H,13-24,28H2,1-4H3,(H,51,57)(H,50,56,58). The van der Waals surface area contributed by atoms with Gasteiger partial charge in [0.1, 0.15) is 24.0 Å². The van der Waals surface area contributed by atoms with Crippen molar-refractivity contribution in [1.29, 1.82) is 5.26 Å². The van der Waals surface area contributed by atoms with Crippen LogP contribution in [-0.4, -0.2) is 97.4 Å². The number of anilines is 2. The molecule has 4 amide bonds. The molecule has 2 saturated carbocycles. The number of nitriles is 1. The minimum Gasteiger partial charge on any atom is -0.489 e. The molecular weight excluding hydrogens is 778 g/mol. The highest BCUT2D eigenvalue weighted by Crippen LogP contribution is 2.59. The van der Waals surface area contributed by atoms with Crippen LogP contribution in [-0.2, 0) is 15.1 Å². The zero-order chi connectivity index (χ0) is 42.1. The Kier molecular flexibility index (Phi) is 10.1. The van der Waals surface area contributed by atoms with Gasteiger partial charge in [0.2, 0.25) is 11.8 Å². The van der Waals surface area contributed by atoms with Crippen LogP contribution in [0.3, 0.4) is 0 Å². The number of carbonyl (C=O) groups is 4.